The van der Waals surface area contributed by atoms with Gasteiger partial charge in [0, 0.05) is 11.8 Å². The van der Waals surface area contributed by atoms with Gasteiger partial charge in [-0.1, -0.05) is 26.7 Å². The van der Waals surface area contributed by atoms with E-state index in [-0.39, 0.29) is 0 Å². The molecule has 1 aromatic rings. The number of aromatic nitrogens is 1. The van der Waals surface area contributed by atoms with Crippen LogP contribution in [0.25, 0.3) is 0 Å². The molecule has 1 fully saturated rings. The molecule has 3 nitrogen and oxygen atoms in total. The first-order valence-corrected chi connectivity index (χ1v) is 5.44. The van der Waals surface area contributed by atoms with Crippen LogP contribution >= 0.6 is 0 Å². The number of oxazole rings is 1. The van der Waals surface area contributed by atoms with Crippen molar-refractivity contribution < 1.29 is 4.42 Å². The Morgan fingerprint density at radius 1 is 1.36 bits per heavy atom. The van der Waals surface area contributed by atoms with Crippen molar-refractivity contribution in [1.82, 2.24) is 4.98 Å². The zero-order chi connectivity index (χ0) is 10.1. The summed E-state index contributed by atoms with van der Waals surface area (Å²) in [6.07, 6.45) is 5.11. The van der Waals surface area contributed by atoms with Gasteiger partial charge in [0.2, 0.25) is 0 Å². The van der Waals surface area contributed by atoms with Gasteiger partial charge in [0.25, 0.3) is 6.01 Å². The van der Waals surface area contributed by atoms with Crippen LogP contribution in [0.2, 0.25) is 0 Å². The quantitative estimate of drug-likeness (QED) is 0.787. The van der Waals surface area contributed by atoms with Gasteiger partial charge in [-0.25, -0.2) is 0 Å². The Balaban J connectivity index is 2.30. The molecule has 78 valence electrons. The molecule has 1 aliphatic rings. The maximum Gasteiger partial charge on any atom is 0.292 e. The summed E-state index contributed by atoms with van der Waals surface area (Å²) in [6.45, 7) is 4.25. The van der Waals surface area contributed by atoms with E-state index in [0.717, 1.165) is 11.5 Å². The molecule has 0 aromatic carbocycles. The van der Waals surface area contributed by atoms with Crippen LogP contribution in [0.3, 0.4) is 0 Å². The number of nitrogens with two attached hydrogens (primary N) is 1. The Kier molecular flexibility index (Phi) is 2.48. The van der Waals surface area contributed by atoms with Crippen molar-refractivity contribution in [3.63, 3.8) is 0 Å². The van der Waals surface area contributed by atoms with E-state index in [1.807, 2.05) is 0 Å². The lowest BCUT2D eigenvalue weighted by Crippen LogP contribution is -1.99. The van der Waals surface area contributed by atoms with Crippen LogP contribution in [0, 0.1) is 0 Å². The van der Waals surface area contributed by atoms with E-state index in [2.05, 4.69) is 18.8 Å². The van der Waals surface area contributed by atoms with Crippen LogP contribution < -0.4 is 5.73 Å². The second kappa shape index (κ2) is 3.64. The van der Waals surface area contributed by atoms with Gasteiger partial charge in [0.1, 0.15) is 5.76 Å². The minimum Gasteiger partial charge on any atom is -0.428 e. The first-order chi connectivity index (χ1) is 6.68. The molecule has 0 radical (unpaired) electrons. The standard InChI is InChI=1S/C11H18N2O/c1-7(2)10-9(13-11(12)14-10)8-5-3-4-6-8/h7-8H,3-6H2,1-2H3,(H2,12,13). The third-order valence-electron chi connectivity index (χ3n) is 2.96. The molecule has 14 heavy (non-hydrogen) atoms. The van der Waals surface area contributed by atoms with Crippen molar-refractivity contribution in [1.29, 1.82) is 0 Å². The fourth-order valence-electron chi connectivity index (χ4n) is 2.27. The molecule has 2 N–H and O–H groups in total. The van der Waals surface area contributed by atoms with Gasteiger partial charge in [-0.05, 0) is 12.8 Å². The minimum absolute atomic E-state index is 0.329. The van der Waals surface area contributed by atoms with E-state index in [1.165, 1.54) is 25.7 Å². The Labute approximate surface area is 84.7 Å². The molecule has 0 saturated heterocycles. The summed E-state index contributed by atoms with van der Waals surface area (Å²) in [5.74, 6) is 1.97. The fraction of sp³-hybridized carbons (Fsp3) is 0.727. The highest BCUT2D eigenvalue weighted by atomic mass is 16.4. The predicted molar refractivity (Wildman–Crippen MR) is 56.2 cm³/mol. The van der Waals surface area contributed by atoms with Crippen molar-refractivity contribution in [2.45, 2.75) is 51.4 Å². The monoisotopic (exact) mass is 194 g/mol. The summed E-state index contributed by atoms with van der Waals surface area (Å²) in [5.41, 5.74) is 6.73. The largest absolute Gasteiger partial charge is 0.428 e. The number of rotatable bonds is 2. The van der Waals surface area contributed by atoms with Crippen LogP contribution in [-0.2, 0) is 0 Å². The highest BCUT2D eigenvalue weighted by Gasteiger charge is 2.25. The number of hydrogen-bond donors (Lipinski definition) is 1. The summed E-state index contributed by atoms with van der Waals surface area (Å²) in [6, 6.07) is 0.329. The minimum atomic E-state index is 0.329. The average Bonchev–Trinajstić information content (AvgIpc) is 2.70. The second-order valence-corrected chi connectivity index (χ2v) is 4.44. The number of hydrogen-bond acceptors (Lipinski definition) is 3. The van der Waals surface area contributed by atoms with Gasteiger partial charge in [-0.15, -0.1) is 0 Å². The molecule has 0 aliphatic heterocycles. The van der Waals surface area contributed by atoms with E-state index in [9.17, 15) is 0 Å². The van der Waals surface area contributed by atoms with Crippen LogP contribution in [0.5, 0.6) is 0 Å². The van der Waals surface area contributed by atoms with Crippen LogP contribution in [0.15, 0.2) is 4.42 Å². The summed E-state index contributed by atoms with van der Waals surface area (Å²) in [4.78, 5) is 4.32. The molecule has 1 aromatic heterocycles. The Morgan fingerprint density at radius 3 is 2.57 bits per heavy atom. The molecule has 0 amide bonds. The lowest BCUT2D eigenvalue weighted by atomic mass is 9.98. The van der Waals surface area contributed by atoms with Gasteiger partial charge >= 0.3 is 0 Å². The predicted octanol–water partition coefficient (Wildman–Crippen LogP) is 3.04. The molecular weight excluding hydrogens is 176 g/mol. The van der Waals surface area contributed by atoms with Gasteiger partial charge < -0.3 is 10.2 Å². The highest BCUT2D eigenvalue weighted by molar-refractivity contribution is 5.25. The molecule has 0 spiro atoms. The summed E-state index contributed by atoms with van der Waals surface area (Å²) >= 11 is 0. The lowest BCUT2D eigenvalue weighted by molar-refractivity contribution is 0.489. The number of anilines is 1. The Hall–Kier alpha value is -0.990. The van der Waals surface area contributed by atoms with Crippen molar-refractivity contribution in [3.05, 3.63) is 11.5 Å². The maximum absolute atomic E-state index is 5.61. The molecule has 0 unspecified atom stereocenters. The molecule has 0 atom stereocenters. The van der Waals surface area contributed by atoms with E-state index in [1.54, 1.807) is 0 Å². The van der Waals surface area contributed by atoms with Gasteiger partial charge in [-0.2, -0.15) is 4.98 Å². The lowest BCUT2D eigenvalue weighted by Gasteiger charge is -2.08. The van der Waals surface area contributed by atoms with Gasteiger partial charge in [0.15, 0.2) is 0 Å². The second-order valence-electron chi connectivity index (χ2n) is 4.44. The summed E-state index contributed by atoms with van der Waals surface area (Å²) in [7, 11) is 0. The fourth-order valence-corrected chi connectivity index (χ4v) is 2.27. The van der Waals surface area contributed by atoms with E-state index in [0.29, 0.717) is 17.9 Å². The van der Waals surface area contributed by atoms with Gasteiger partial charge in [-0.3, -0.25) is 0 Å². The maximum atomic E-state index is 5.61. The first-order valence-electron chi connectivity index (χ1n) is 5.44. The normalized spacial score (nSPS) is 18.2. The van der Waals surface area contributed by atoms with Crippen molar-refractivity contribution in [3.8, 4) is 0 Å². The third kappa shape index (κ3) is 1.63. The van der Waals surface area contributed by atoms with E-state index < -0.39 is 0 Å². The first kappa shape index (κ1) is 9.56. The van der Waals surface area contributed by atoms with Crippen molar-refractivity contribution in [2.75, 3.05) is 5.73 Å². The molecule has 1 aliphatic carbocycles. The summed E-state index contributed by atoms with van der Waals surface area (Å²) < 4.78 is 5.46. The van der Waals surface area contributed by atoms with Crippen LogP contribution in [-0.4, -0.2) is 4.98 Å². The third-order valence-corrected chi connectivity index (χ3v) is 2.96. The van der Waals surface area contributed by atoms with Crippen LogP contribution in [0.1, 0.15) is 62.8 Å². The average molecular weight is 194 g/mol. The van der Waals surface area contributed by atoms with Gasteiger partial charge in [0.05, 0.1) is 5.69 Å². The summed E-state index contributed by atoms with van der Waals surface area (Å²) in [5, 5.41) is 0. The Bertz CT molecular complexity index is 311. The molecule has 2 rings (SSSR count). The molecule has 0 bridgehead atoms. The molecule has 1 saturated carbocycles. The highest BCUT2D eigenvalue weighted by Crippen LogP contribution is 2.38. The van der Waals surface area contributed by atoms with Crippen molar-refractivity contribution in [2.24, 2.45) is 0 Å². The van der Waals surface area contributed by atoms with Crippen LogP contribution in [0.4, 0.5) is 6.01 Å². The Morgan fingerprint density at radius 2 is 2.00 bits per heavy atom. The zero-order valence-corrected chi connectivity index (χ0v) is 8.92. The zero-order valence-electron chi connectivity index (χ0n) is 8.92. The molecular formula is C11H18N2O. The smallest absolute Gasteiger partial charge is 0.292 e. The van der Waals surface area contributed by atoms with E-state index in [4.69, 9.17) is 10.2 Å². The van der Waals surface area contributed by atoms with E-state index >= 15 is 0 Å². The molecule has 1 heterocycles. The molecule has 3 heteroatoms. The number of nitrogen functional groups attached to an aromatic ring is 1. The SMILES string of the molecule is CC(C)c1oc(N)nc1C1CCCC1. The topological polar surface area (TPSA) is 52.0 Å². The number of nitrogens with zero attached hydrogens (tertiary/aromatic N) is 1. The van der Waals surface area contributed by atoms with Crippen molar-refractivity contribution >= 4 is 6.01 Å².